The lowest BCUT2D eigenvalue weighted by molar-refractivity contribution is 0.0363. The molecule has 8 nitrogen and oxygen atoms in total. The third-order valence-electron chi connectivity index (χ3n) is 2.67. The molecule has 1 heterocycles. The van der Waals surface area contributed by atoms with Crippen molar-refractivity contribution in [2.45, 2.75) is 13.8 Å². The maximum atomic E-state index is 11.9. The molecular formula is C14H20N2O6. The SMILES string of the molecule is COCCOC(=O)c1nc(C)c(C(=O)OCCOC)nc1C. The molecule has 0 fully saturated rings. The molecule has 1 aromatic rings. The van der Waals surface area contributed by atoms with E-state index in [-0.39, 0.29) is 24.6 Å². The van der Waals surface area contributed by atoms with Gasteiger partial charge in [-0.05, 0) is 13.8 Å². The molecule has 122 valence electrons. The highest BCUT2D eigenvalue weighted by atomic mass is 16.6. The number of carbonyl (C=O) groups excluding carboxylic acids is 2. The third kappa shape index (κ3) is 5.05. The summed E-state index contributed by atoms with van der Waals surface area (Å²) in [4.78, 5) is 31.9. The number of rotatable bonds is 8. The first-order valence-electron chi connectivity index (χ1n) is 6.68. The van der Waals surface area contributed by atoms with Gasteiger partial charge >= 0.3 is 11.9 Å². The summed E-state index contributed by atoms with van der Waals surface area (Å²) in [5.41, 5.74) is 0.738. The predicted molar refractivity (Wildman–Crippen MR) is 75.8 cm³/mol. The van der Waals surface area contributed by atoms with Crippen LogP contribution in [0.25, 0.3) is 0 Å². The van der Waals surface area contributed by atoms with Crippen LogP contribution in [0.2, 0.25) is 0 Å². The minimum absolute atomic E-state index is 0.0713. The topological polar surface area (TPSA) is 96.8 Å². The summed E-state index contributed by atoms with van der Waals surface area (Å²) in [6, 6.07) is 0. The predicted octanol–water partition coefficient (Wildman–Crippen LogP) is 0.700. The molecule has 8 heteroatoms. The number of nitrogens with zero attached hydrogens (tertiary/aromatic N) is 2. The molecule has 0 atom stereocenters. The Balaban J connectivity index is 2.82. The Labute approximate surface area is 128 Å². The van der Waals surface area contributed by atoms with Crippen LogP contribution >= 0.6 is 0 Å². The summed E-state index contributed by atoms with van der Waals surface area (Å²) < 4.78 is 19.6. The fourth-order valence-corrected chi connectivity index (χ4v) is 1.56. The van der Waals surface area contributed by atoms with E-state index < -0.39 is 11.9 Å². The summed E-state index contributed by atoms with van der Waals surface area (Å²) in [5, 5.41) is 0. The Morgan fingerprint density at radius 2 is 1.14 bits per heavy atom. The van der Waals surface area contributed by atoms with Gasteiger partial charge in [-0.25, -0.2) is 19.6 Å². The number of aromatic nitrogens is 2. The molecule has 0 unspecified atom stereocenters. The van der Waals surface area contributed by atoms with Gasteiger partial charge in [-0.2, -0.15) is 0 Å². The first kappa shape index (κ1) is 18.0. The molecule has 0 amide bonds. The normalized spacial score (nSPS) is 10.4. The Morgan fingerprint density at radius 1 is 0.773 bits per heavy atom. The maximum absolute atomic E-state index is 11.9. The largest absolute Gasteiger partial charge is 0.458 e. The van der Waals surface area contributed by atoms with Crippen molar-refractivity contribution in [3.8, 4) is 0 Å². The number of hydrogen-bond donors (Lipinski definition) is 0. The van der Waals surface area contributed by atoms with E-state index in [1.54, 1.807) is 13.8 Å². The van der Waals surface area contributed by atoms with Gasteiger partial charge in [0.15, 0.2) is 11.4 Å². The number of hydrogen-bond acceptors (Lipinski definition) is 8. The number of aryl methyl sites for hydroxylation is 2. The van der Waals surface area contributed by atoms with Crippen LogP contribution < -0.4 is 0 Å². The maximum Gasteiger partial charge on any atom is 0.358 e. The Bertz CT molecular complexity index is 485. The standard InChI is InChI=1S/C14H20N2O6/c1-9-11(13(17)21-7-5-19-3)16-10(2)12(15-9)14(18)22-8-6-20-4/h5-8H2,1-4H3. The number of carbonyl (C=O) groups is 2. The molecule has 0 bridgehead atoms. The van der Waals surface area contributed by atoms with Gasteiger partial charge in [0, 0.05) is 14.2 Å². The van der Waals surface area contributed by atoms with Gasteiger partial charge in [-0.15, -0.1) is 0 Å². The highest BCUT2D eigenvalue weighted by Crippen LogP contribution is 2.10. The Morgan fingerprint density at radius 3 is 1.45 bits per heavy atom. The van der Waals surface area contributed by atoms with Crippen LogP contribution in [0.4, 0.5) is 0 Å². The van der Waals surface area contributed by atoms with Gasteiger partial charge in [-0.1, -0.05) is 0 Å². The van der Waals surface area contributed by atoms with Crippen molar-refractivity contribution < 1.29 is 28.5 Å². The van der Waals surface area contributed by atoms with E-state index in [1.165, 1.54) is 14.2 Å². The van der Waals surface area contributed by atoms with Crippen LogP contribution in [0.15, 0.2) is 0 Å². The van der Waals surface area contributed by atoms with Gasteiger partial charge in [0.2, 0.25) is 0 Å². The molecule has 0 aliphatic carbocycles. The van der Waals surface area contributed by atoms with E-state index in [2.05, 4.69) is 9.97 Å². The second kappa shape index (κ2) is 9.06. The zero-order valence-corrected chi connectivity index (χ0v) is 13.2. The van der Waals surface area contributed by atoms with Gasteiger partial charge < -0.3 is 18.9 Å². The molecule has 0 aliphatic rings. The van der Waals surface area contributed by atoms with Crippen molar-refractivity contribution in [2.24, 2.45) is 0 Å². The molecular weight excluding hydrogens is 292 g/mol. The average Bonchev–Trinajstić information content (AvgIpc) is 2.49. The molecule has 0 radical (unpaired) electrons. The number of ether oxygens (including phenoxy) is 4. The van der Waals surface area contributed by atoms with Gasteiger partial charge in [0.25, 0.3) is 0 Å². The summed E-state index contributed by atoms with van der Waals surface area (Å²) in [5.74, 6) is -1.21. The van der Waals surface area contributed by atoms with Crippen molar-refractivity contribution in [2.75, 3.05) is 40.6 Å². The van der Waals surface area contributed by atoms with Crippen LogP contribution in [-0.2, 0) is 18.9 Å². The molecule has 22 heavy (non-hydrogen) atoms. The quantitative estimate of drug-likeness (QED) is 0.511. The van der Waals surface area contributed by atoms with E-state index in [4.69, 9.17) is 18.9 Å². The minimum atomic E-state index is -0.607. The van der Waals surface area contributed by atoms with Gasteiger partial charge in [-0.3, -0.25) is 0 Å². The summed E-state index contributed by atoms with van der Waals surface area (Å²) in [6.07, 6.45) is 0. The minimum Gasteiger partial charge on any atom is -0.458 e. The fraction of sp³-hybridized carbons (Fsp3) is 0.571. The Kier molecular flexibility index (Phi) is 7.41. The highest BCUT2D eigenvalue weighted by molar-refractivity contribution is 5.91. The van der Waals surface area contributed by atoms with Crippen molar-refractivity contribution in [3.05, 3.63) is 22.8 Å². The zero-order chi connectivity index (χ0) is 16.5. The second-order valence-electron chi connectivity index (χ2n) is 4.35. The Hall–Kier alpha value is -2.06. The molecule has 1 aromatic heterocycles. The average molecular weight is 312 g/mol. The smallest absolute Gasteiger partial charge is 0.358 e. The fourth-order valence-electron chi connectivity index (χ4n) is 1.56. The molecule has 0 saturated carbocycles. The van der Waals surface area contributed by atoms with Crippen LogP contribution in [0.5, 0.6) is 0 Å². The number of methoxy groups -OCH3 is 2. The number of esters is 2. The van der Waals surface area contributed by atoms with E-state index in [9.17, 15) is 9.59 Å². The van der Waals surface area contributed by atoms with Crippen LogP contribution in [0.3, 0.4) is 0 Å². The van der Waals surface area contributed by atoms with E-state index in [1.807, 2.05) is 0 Å². The summed E-state index contributed by atoms with van der Waals surface area (Å²) in [6.45, 7) is 3.98. The molecule has 0 saturated heterocycles. The first-order chi connectivity index (χ1) is 10.5. The monoisotopic (exact) mass is 312 g/mol. The van der Waals surface area contributed by atoms with Crippen LogP contribution in [0.1, 0.15) is 32.4 Å². The lowest BCUT2D eigenvalue weighted by Crippen LogP contribution is -2.19. The van der Waals surface area contributed by atoms with Crippen molar-refractivity contribution in [1.82, 2.24) is 9.97 Å². The molecule has 0 spiro atoms. The van der Waals surface area contributed by atoms with Crippen molar-refractivity contribution in [3.63, 3.8) is 0 Å². The lowest BCUT2D eigenvalue weighted by Gasteiger charge is -2.10. The summed E-state index contributed by atoms with van der Waals surface area (Å²) in [7, 11) is 3.01. The second-order valence-corrected chi connectivity index (χ2v) is 4.35. The van der Waals surface area contributed by atoms with Gasteiger partial charge in [0.1, 0.15) is 13.2 Å². The third-order valence-corrected chi connectivity index (χ3v) is 2.67. The summed E-state index contributed by atoms with van der Waals surface area (Å²) >= 11 is 0. The van der Waals surface area contributed by atoms with Crippen LogP contribution in [-0.4, -0.2) is 62.6 Å². The van der Waals surface area contributed by atoms with E-state index >= 15 is 0 Å². The van der Waals surface area contributed by atoms with E-state index in [0.717, 1.165) is 0 Å². The molecule has 0 N–H and O–H groups in total. The highest BCUT2D eigenvalue weighted by Gasteiger charge is 2.20. The molecule has 0 aliphatic heterocycles. The van der Waals surface area contributed by atoms with E-state index in [0.29, 0.717) is 24.6 Å². The van der Waals surface area contributed by atoms with Crippen molar-refractivity contribution >= 4 is 11.9 Å². The van der Waals surface area contributed by atoms with Gasteiger partial charge in [0.05, 0.1) is 24.6 Å². The van der Waals surface area contributed by atoms with Crippen LogP contribution in [0, 0.1) is 13.8 Å². The zero-order valence-electron chi connectivity index (χ0n) is 13.2. The van der Waals surface area contributed by atoms with Crippen molar-refractivity contribution in [1.29, 1.82) is 0 Å². The lowest BCUT2D eigenvalue weighted by atomic mass is 10.2. The molecule has 1 rings (SSSR count). The first-order valence-corrected chi connectivity index (χ1v) is 6.68. The molecule has 0 aromatic carbocycles.